The van der Waals surface area contributed by atoms with E-state index in [0.717, 1.165) is 24.7 Å². The summed E-state index contributed by atoms with van der Waals surface area (Å²) in [6, 6.07) is 0. The van der Waals surface area contributed by atoms with Crippen LogP contribution in [0.15, 0.2) is 35.5 Å². The first-order valence-electron chi connectivity index (χ1n) is 10.5. The highest BCUT2D eigenvalue weighted by Crippen LogP contribution is 2.49. The Kier molecular flexibility index (Phi) is 8.00. The monoisotopic (exact) mass is 402 g/mol. The van der Waals surface area contributed by atoms with E-state index in [0.29, 0.717) is 18.4 Å². The molecule has 2 aliphatic rings. The van der Waals surface area contributed by atoms with Crippen molar-refractivity contribution in [3.05, 3.63) is 35.5 Å². The summed E-state index contributed by atoms with van der Waals surface area (Å²) in [5.74, 6) is -1.06. The van der Waals surface area contributed by atoms with E-state index in [1.54, 1.807) is 0 Å². The van der Waals surface area contributed by atoms with Crippen molar-refractivity contribution in [3.8, 4) is 0 Å². The lowest BCUT2D eigenvalue weighted by Gasteiger charge is -2.41. The highest BCUT2D eigenvalue weighted by atomic mass is 16.6. The molecule has 2 rings (SSSR count). The predicted molar refractivity (Wildman–Crippen MR) is 112 cm³/mol. The second kappa shape index (κ2) is 10.0. The van der Waals surface area contributed by atoms with Crippen LogP contribution >= 0.6 is 0 Å². The van der Waals surface area contributed by atoms with Gasteiger partial charge in [-0.3, -0.25) is 14.4 Å². The standard InChI is InChI=1S/C24H34O5/c1-14(2)8-7-9-15(3)22-21(28-17(5)26)12-16(4)20-11-10-19(13-25)23(22)24(20)29-18(6)27/h8,10,13,15,20-24H,4,7,9,11-12H2,1-3,5-6H3/t15?,20-,21-,22-,23-,24-/m1/s1. The van der Waals surface area contributed by atoms with Crippen LogP contribution in [0.2, 0.25) is 0 Å². The molecule has 0 aromatic carbocycles. The normalized spacial score (nSPS) is 29.8. The lowest BCUT2D eigenvalue weighted by Crippen LogP contribution is -2.45. The van der Waals surface area contributed by atoms with E-state index in [-0.39, 0.29) is 35.6 Å². The van der Waals surface area contributed by atoms with Gasteiger partial charge in [0.1, 0.15) is 18.5 Å². The van der Waals surface area contributed by atoms with Gasteiger partial charge in [-0.1, -0.05) is 36.8 Å². The first-order chi connectivity index (χ1) is 13.6. The molecular weight excluding hydrogens is 368 g/mol. The zero-order valence-electron chi connectivity index (χ0n) is 18.3. The molecule has 0 N–H and O–H groups in total. The highest BCUT2D eigenvalue weighted by molar-refractivity contribution is 5.75. The van der Waals surface area contributed by atoms with E-state index in [4.69, 9.17) is 9.47 Å². The van der Waals surface area contributed by atoms with Crippen LogP contribution in [0.1, 0.15) is 60.3 Å². The quantitative estimate of drug-likeness (QED) is 0.354. The van der Waals surface area contributed by atoms with Crippen molar-refractivity contribution in [2.45, 2.75) is 72.5 Å². The third-order valence-electron chi connectivity index (χ3n) is 6.16. The lowest BCUT2D eigenvalue weighted by molar-refractivity contribution is -0.159. The minimum absolute atomic E-state index is 0.0689. The van der Waals surface area contributed by atoms with Gasteiger partial charge < -0.3 is 9.47 Å². The second-order valence-corrected chi connectivity index (χ2v) is 8.69. The minimum atomic E-state index is -0.457. The van der Waals surface area contributed by atoms with Crippen LogP contribution in [0.25, 0.3) is 0 Å². The molecule has 0 aromatic rings. The zero-order valence-corrected chi connectivity index (χ0v) is 18.3. The fourth-order valence-electron chi connectivity index (χ4n) is 4.95. The van der Waals surface area contributed by atoms with Crippen molar-refractivity contribution in [1.82, 2.24) is 0 Å². The molecule has 0 spiro atoms. The van der Waals surface area contributed by atoms with Crippen molar-refractivity contribution in [3.63, 3.8) is 0 Å². The molecule has 1 saturated carbocycles. The molecule has 0 saturated heterocycles. The summed E-state index contributed by atoms with van der Waals surface area (Å²) in [5.41, 5.74) is 2.80. The molecule has 5 heteroatoms. The number of aldehydes is 1. The number of allylic oxidation sites excluding steroid dienone is 3. The number of esters is 2. The molecule has 5 nitrogen and oxygen atoms in total. The maximum atomic E-state index is 11.9. The minimum Gasteiger partial charge on any atom is -0.462 e. The Bertz CT molecular complexity index is 713. The fraction of sp³-hybridized carbons (Fsp3) is 0.625. The number of carbonyl (C=O) groups is 3. The van der Waals surface area contributed by atoms with Crippen LogP contribution in [0.4, 0.5) is 0 Å². The molecule has 0 heterocycles. The molecule has 0 aromatic heterocycles. The number of fused-ring (bicyclic) bond motifs is 2. The topological polar surface area (TPSA) is 69.7 Å². The largest absolute Gasteiger partial charge is 0.462 e. The summed E-state index contributed by atoms with van der Waals surface area (Å²) in [5, 5.41) is 0. The smallest absolute Gasteiger partial charge is 0.302 e. The molecule has 0 aliphatic heterocycles. The summed E-state index contributed by atoms with van der Waals surface area (Å²) in [7, 11) is 0. The van der Waals surface area contributed by atoms with Gasteiger partial charge in [0.15, 0.2) is 0 Å². The molecule has 1 fully saturated rings. The summed E-state index contributed by atoms with van der Waals surface area (Å²) < 4.78 is 11.5. The van der Waals surface area contributed by atoms with Crippen molar-refractivity contribution in [2.24, 2.45) is 23.7 Å². The molecule has 29 heavy (non-hydrogen) atoms. The van der Waals surface area contributed by atoms with Crippen LogP contribution in [0, 0.1) is 23.7 Å². The molecule has 6 atom stereocenters. The number of rotatable bonds is 7. The Morgan fingerprint density at radius 1 is 1.21 bits per heavy atom. The molecule has 0 radical (unpaired) electrons. The fourth-order valence-corrected chi connectivity index (χ4v) is 4.95. The Labute approximate surface area is 174 Å². The summed E-state index contributed by atoms with van der Waals surface area (Å²) in [6.07, 6.45) is 7.08. The Morgan fingerprint density at radius 3 is 2.41 bits per heavy atom. The Hall–Kier alpha value is -2.17. The molecule has 2 aliphatic carbocycles. The van der Waals surface area contributed by atoms with Gasteiger partial charge in [-0.05, 0) is 44.6 Å². The first-order valence-corrected chi connectivity index (χ1v) is 10.5. The van der Waals surface area contributed by atoms with Gasteiger partial charge >= 0.3 is 11.9 Å². The maximum absolute atomic E-state index is 11.9. The summed E-state index contributed by atoms with van der Waals surface area (Å²) in [4.78, 5) is 35.7. The molecule has 2 bridgehead atoms. The van der Waals surface area contributed by atoms with Crippen LogP contribution in [0.3, 0.4) is 0 Å². The summed E-state index contributed by atoms with van der Waals surface area (Å²) in [6.45, 7) is 13.3. The van der Waals surface area contributed by atoms with Crippen LogP contribution < -0.4 is 0 Å². The van der Waals surface area contributed by atoms with E-state index >= 15 is 0 Å². The van der Waals surface area contributed by atoms with Crippen molar-refractivity contribution < 1.29 is 23.9 Å². The second-order valence-electron chi connectivity index (χ2n) is 8.69. The average molecular weight is 403 g/mol. The third-order valence-corrected chi connectivity index (χ3v) is 6.16. The van der Waals surface area contributed by atoms with Crippen LogP contribution in [-0.2, 0) is 23.9 Å². The van der Waals surface area contributed by atoms with Crippen molar-refractivity contribution >= 4 is 18.2 Å². The SMILES string of the molecule is C=C1C[C@@H](OC(C)=O)[C@@H](C(C)CCC=C(C)C)[C@H]2C(C=O)=CC[C@H]1[C@H]2OC(C)=O. The van der Waals surface area contributed by atoms with Gasteiger partial charge in [0, 0.05) is 38.0 Å². The number of hydrogen-bond acceptors (Lipinski definition) is 5. The van der Waals surface area contributed by atoms with E-state index < -0.39 is 12.2 Å². The number of carbonyl (C=O) groups excluding carboxylic acids is 3. The predicted octanol–water partition coefficient (Wildman–Crippen LogP) is 4.57. The molecule has 1 unspecified atom stereocenters. The van der Waals surface area contributed by atoms with Gasteiger partial charge in [0.2, 0.25) is 0 Å². The van der Waals surface area contributed by atoms with Crippen molar-refractivity contribution in [1.29, 1.82) is 0 Å². The van der Waals surface area contributed by atoms with E-state index in [9.17, 15) is 14.4 Å². The first kappa shape index (κ1) is 23.1. The Balaban J connectivity index is 2.50. The number of hydrogen-bond donors (Lipinski definition) is 0. The highest BCUT2D eigenvalue weighted by Gasteiger charge is 2.50. The van der Waals surface area contributed by atoms with Gasteiger partial charge in [0.25, 0.3) is 0 Å². The van der Waals surface area contributed by atoms with E-state index in [1.165, 1.54) is 19.4 Å². The zero-order chi connectivity index (χ0) is 21.7. The van der Waals surface area contributed by atoms with E-state index in [2.05, 4.69) is 33.4 Å². The van der Waals surface area contributed by atoms with Crippen LogP contribution in [0.5, 0.6) is 0 Å². The van der Waals surface area contributed by atoms with Gasteiger partial charge in [-0.25, -0.2) is 0 Å². The third kappa shape index (κ3) is 5.68. The maximum Gasteiger partial charge on any atom is 0.302 e. The molecule has 0 amide bonds. The van der Waals surface area contributed by atoms with Crippen LogP contribution in [-0.4, -0.2) is 30.4 Å². The summed E-state index contributed by atoms with van der Waals surface area (Å²) >= 11 is 0. The van der Waals surface area contributed by atoms with Gasteiger partial charge in [0.05, 0.1) is 0 Å². The van der Waals surface area contributed by atoms with Gasteiger partial charge in [-0.2, -0.15) is 0 Å². The van der Waals surface area contributed by atoms with E-state index in [1.807, 2.05) is 6.08 Å². The van der Waals surface area contributed by atoms with Crippen molar-refractivity contribution in [2.75, 3.05) is 0 Å². The molecule has 160 valence electrons. The lowest BCUT2D eigenvalue weighted by atomic mass is 9.68. The average Bonchev–Trinajstić information content (AvgIpc) is 2.67. The molecular formula is C24H34O5. The number of ether oxygens (including phenoxy) is 2. The Morgan fingerprint density at radius 2 is 1.86 bits per heavy atom. The van der Waals surface area contributed by atoms with Gasteiger partial charge in [-0.15, -0.1) is 0 Å².